The van der Waals surface area contributed by atoms with E-state index in [0.29, 0.717) is 19.3 Å². The van der Waals surface area contributed by atoms with Gasteiger partial charge in [-0.25, -0.2) is 0 Å². The van der Waals surface area contributed by atoms with Gasteiger partial charge in [0.1, 0.15) is 36.6 Å². The molecule has 1 saturated heterocycles. The van der Waals surface area contributed by atoms with Crippen molar-refractivity contribution < 1.29 is 50.0 Å². The van der Waals surface area contributed by atoms with Crippen LogP contribution in [0.1, 0.15) is 341 Å². The van der Waals surface area contributed by atoms with E-state index in [1.165, 1.54) is 250 Å². The summed E-state index contributed by atoms with van der Waals surface area (Å²) < 4.78 is 11.2. The Morgan fingerprint density at radius 1 is 0.415 bits per heavy atom. The molecule has 0 aromatic heterocycles. The highest BCUT2D eigenvalue weighted by Gasteiger charge is 2.44. The molecule has 0 radical (unpaired) electrons. The number of allylic oxidation sites excluding steroid dienone is 6. The lowest BCUT2D eigenvalue weighted by Gasteiger charge is -2.40. The highest BCUT2D eigenvalue weighted by Crippen LogP contribution is 2.24. The summed E-state index contributed by atoms with van der Waals surface area (Å²) in [5.41, 5.74) is 0. The first kappa shape index (κ1) is 78.3. The summed E-state index contributed by atoms with van der Waals surface area (Å²) >= 11 is 0. The van der Waals surface area contributed by atoms with E-state index in [9.17, 15) is 40.5 Å². The van der Waals surface area contributed by atoms with E-state index in [1.54, 1.807) is 0 Å². The minimum absolute atomic E-state index is 0.243. The Labute approximate surface area is 505 Å². The van der Waals surface area contributed by atoms with Gasteiger partial charge in [-0.1, -0.05) is 314 Å². The maximum absolute atomic E-state index is 13.2. The van der Waals surface area contributed by atoms with E-state index >= 15 is 0 Å². The first-order chi connectivity index (χ1) is 40.2. The standard InChI is InChI=1S/C71H135NO10/c1-3-5-7-9-11-13-15-17-19-21-23-25-27-29-31-33-35-37-39-41-43-45-47-49-51-53-55-57-59-64(75)70(80)72-62(61-81-71-69(79)68(78)67(77)65(60-73)82-71)66(76)63(74)58-56-54-52-50-48-46-44-42-40-38-36-34-32-30-28-26-24-22-20-18-16-14-12-10-8-6-4-2/h34,36,42,44,50,52,62-69,71,73-79H,3-33,35,37-41,43,45-49,51,53-61H2,1-2H3,(H,72,80)/b36-34+,44-42+,52-50+. The van der Waals surface area contributed by atoms with Crippen molar-refractivity contribution in [3.8, 4) is 0 Å². The molecule has 8 N–H and O–H groups in total. The number of unbranched alkanes of at least 4 members (excludes halogenated alkanes) is 44. The van der Waals surface area contributed by atoms with Gasteiger partial charge in [0, 0.05) is 0 Å². The Morgan fingerprint density at radius 2 is 0.732 bits per heavy atom. The van der Waals surface area contributed by atoms with E-state index in [0.717, 1.165) is 44.9 Å². The second-order valence-corrected chi connectivity index (χ2v) is 24.9. The molecule has 0 bridgehead atoms. The average molecular weight is 1160 g/mol. The smallest absolute Gasteiger partial charge is 0.249 e. The zero-order valence-corrected chi connectivity index (χ0v) is 53.5. The molecule has 0 aromatic rings. The molecule has 1 heterocycles. The van der Waals surface area contributed by atoms with Crippen LogP contribution in [0.4, 0.5) is 0 Å². The second kappa shape index (κ2) is 59.7. The summed E-state index contributed by atoms with van der Waals surface area (Å²) in [6, 6.07) is -1.19. The maximum Gasteiger partial charge on any atom is 0.249 e. The quantitative estimate of drug-likeness (QED) is 0.0215. The van der Waals surface area contributed by atoms with E-state index < -0.39 is 74.2 Å². The lowest BCUT2D eigenvalue weighted by molar-refractivity contribution is -0.303. The molecule has 1 rings (SSSR count). The number of nitrogens with one attached hydrogen (secondary N) is 1. The number of aliphatic hydroxyl groups is 7. The topological polar surface area (TPSA) is 189 Å². The number of carbonyl (C=O) groups is 1. The summed E-state index contributed by atoms with van der Waals surface area (Å²) in [6.45, 7) is 3.49. The zero-order chi connectivity index (χ0) is 59.6. The van der Waals surface area contributed by atoms with E-state index in [4.69, 9.17) is 9.47 Å². The predicted molar refractivity (Wildman–Crippen MR) is 344 cm³/mol. The molecule has 0 aliphatic carbocycles. The predicted octanol–water partition coefficient (Wildman–Crippen LogP) is 17.0. The van der Waals surface area contributed by atoms with Crippen LogP contribution in [-0.4, -0.2) is 110 Å². The van der Waals surface area contributed by atoms with E-state index in [2.05, 4.69) is 55.6 Å². The van der Waals surface area contributed by atoms with Crippen LogP contribution < -0.4 is 5.32 Å². The third-order valence-electron chi connectivity index (χ3n) is 17.2. The molecule has 484 valence electrons. The normalized spacial score (nSPS) is 19.3. The fourth-order valence-corrected chi connectivity index (χ4v) is 11.5. The first-order valence-electron chi connectivity index (χ1n) is 35.4. The van der Waals surface area contributed by atoms with Crippen LogP contribution in [-0.2, 0) is 14.3 Å². The molecule has 1 aliphatic rings. The molecule has 9 unspecified atom stereocenters. The molecular weight excluding hydrogens is 1030 g/mol. The molecule has 0 spiro atoms. The zero-order valence-electron chi connectivity index (χ0n) is 53.5. The molecule has 11 nitrogen and oxygen atoms in total. The minimum atomic E-state index is -1.67. The molecule has 0 saturated carbocycles. The van der Waals surface area contributed by atoms with E-state index in [1.807, 2.05) is 0 Å². The van der Waals surface area contributed by atoms with Crippen molar-refractivity contribution in [1.29, 1.82) is 0 Å². The number of carbonyl (C=O) groups excluding carboxylic acids is 1. The number of aliphatic hydroxyl groups excluding tert-OH is 7. The summed E-state index contributed by atoms with van der Waals surface area (Å²) in [6.07, 6.45) is 65.2. The van der Waals surface area contributed by atoms with Crippen LogP contribution in [0.5, 0.6) is 0 Å². The van der Waals surface area contributed by atoms with Gasteiger partial charge in [0.05, 0.1) is 25.4 Å². The highest BCUT2D eigenvalue weighted by atomic mass is 16.7. The van der Waals surface area contributed by atoms with Crippen molar-refractivity contribution >= 4 is 5.91 Å². The average Bonchev–Trinajstić information content (AvgIpc) is 3.53. The molecule has 82 heavy (non-hydrogen) atoms. The van der Waals surface area contributed by atoms with Gasteiger partial charge in [0.15, 0.2) is 6.29 Å². The van der Waals surface area contributed by atoms with Crippen molar-refractivity contribution in [2.24, 2.45) is 0 Å². The minimum Gasteiger partial charge on any atom is -0.394 e. The van der Waals surface area contributed by atoms with Gasteiger partial charge in [-0.15, -0.1) is 0 Å². The van der Waals surface area contributed by atoms with Gasteiger partial charge in [0.25, 0.3) is 0 Å². The molecule has 9 atom stereocenters. The number of rotatable bonds is 62. The number of hydrogen-bond acceptors (Lipinski definition) is 10. The third kappa shape index (κ3) is 46.5. The van der Waals surface area contributed by atoms with Gasteiger partial charge in [-0.2, -0.15) is 0 Å². The van der Waals surface area contributed by atoms with Gasteiger partial charge < -0.3 is 50.5 Å². The Hall–Kier alpha value is -1.67. The monoisotopic (exact) mass is 1160 g/mol. The van der Waals surface area contributed by atoms with Crippen molar-refractivity contribution in [3.63, 3.8) is 0 Å². The Morgan fingerprint density at radius 3 is 1.09 bits per heavy atom. The van der Waals surface area contributed by atoms with Gasteiger partial charge in [-0.3, -0.25) is 4.79 Å². The first-order valence-corrected chi connectivity index (χ1v) is 35.4. The van der Waals surface area contributed by atoms with Crippen LogP contribution in [0.2, 0.25) is 0 Å². The van der Waals surface area contributed by atoms with Gasteiger partial charge >= 0.3 is 0 Å². The maximum atomic E-state index is 13.2. The van der Waals surface area contributed by atoms with Crippen LogP contribution in [0.25, 0.3) is 0 Å². The number of hydrogen-bond donors (Lipinski definition) is 8. The van der Waals surface area contributed by atoms with Gasteiger partial charge in [0.2, 0.25) is 5.91 Å². The third-order valence-corrected chi connectivity index (χ3v) is 17.2. The van der Waals surface area contributed by atoms with Crippen LogP contribution in [0, 0.1) is 0 Å². The van der Waals surface area contributed by atoms with Crippen LogP contribution >= 0.6 is 0 Å². The van der Waals surface area contributed by atoms with Crippen molar-refractivity contribution in [2.75, 3.05) is 13.2 Å². The SMILES string of the molecule is CCCCCCCCCCCCCCCC/C=C/CC/C=C/CC/C=C/CCCC(O)C(O)C(COC1OC(CO)C(O)C(O)C1O)NC(=O)C(O)CCCCCCCCCCCCCCCCCCCCCCCCCCCCCC. The van der Waals surface area contributed by atoms with Crippen molar-refractivity contribution in [1.82, 2.24) is 5.32 Å². The summed E-state index contributed by atoms with van der Waals surface area (Å²) in [5, 5.41) is 76.5. The lowest BCUT2D eigenvalue weighted by Crippen LogP contribution is -2.60. The van der Waals surface area contributed by atoms with E-state index in [-0.39, 0.29) is 12.8 Å². The molecular formula is C71H135NO10. The van der Waals surface area contributed by atoms with Crippen LogP contribution in [0.15, 0.2) is 36.5 Å². The highest BCUT2D eigenvalue weighted by molar-refractivity contribution is 5.80. The molecule has 1 amide bonds. The molecule has 1 fully saturated rings. The summed E-state index contributed by atoms with van der Waals surface area (Å²) in [4.78, 5) is 13.2. The molecule has 11 heteroatoms. The molecule has 1 aliphatic heterocycles. The largest absolute Gasteiger partial charge is 0.394 e. The van der Waals surface area contributed by atoms with Crippen LogP contribution in [0.3, 0.4) is 0 Å². The Bertz CT molecular complexity index is 1430. The fourth-order valence-electron chi connectivity index (χ4n) is 11.5. The number of ether oxygens (including phenoxy) is 2. The Balaban J connectivity index is 2.23. The second-order valence-electron chi connectivity index (χ2n) is 24.9. The number of amides is 1. The summed E-state index contributed by atoms with van der Waals surface area (Å²) in [5.74, 6) is -0.706. The molecule has 0 aromatic carbocycles. The van der Waals surface area contributed by atoms with Crippen molar-refractivity contribution in [2.45, 2.75) is 396 Å². The fraction of sp³-hybridized carbons (Fsp3) is 0.901. The van der Waals surface area contributed by atoms with Gasteiger partial charge in [-0.05, 0) is 64.2 Å². The summed E-state index contributed by atoms with van der Waals surface area (Å²) in [7, 11) is 0. The Kier molecular flexibility index (Phi) is 57.0. The van der Waals surface area contributed by atoms with Crippen molar-refractivity contribution in [3.05, 3.63) is 36.5 Å². The lowest BCUT2D eigenvalue weighted by atomic mass is 9.98.